The molecule has 2 aliphatic rings. The molecule has 15 heavy (non-hydrogen) atoms. The fourth-order valence-corrected chi connectivity index (χ4v) is 2.44. The summed E-state index contributed by atoms with van der Waals surface area (Å²) in [6.45, 7) is 4.08. The van der Waals surface area contributed by atoms with Gasteiger partial charge in [-0.05, 0) is 25.9 Å². The van der Waals surface area contributed by atoms with Crippen LogP contribution in [0.1, 0.15) is 12.8 Å². The van der Waals surface area contributed by atoms with Crippen molar-refractivity contribution < 1.29 is 9.53 Å². The van der Waals surface area contributed by atoms with E-state index in [2.05, 4.69) is 10.2 Å². The minimum atomic E-state index is -0.256. The van der Waals surface area contributed by atoms with E-state index in [-0.39, 0.29) is 11.9 Å². The SMILES string of the molecule is NC(=O)C1COCCN1C1CCNCC1. The number of carbonyl (C=O) groups is 1. The molecule has 0 aromatic carbocycles. The van der Waals surface area contributed by atoms with Gasteiger partial charge in [-0.1, -0.05) is 0 Å². The summed E-state index contributed by atoms with van der Waals surface area (Å²) in [5, 5.41) is 3.32. The molecule has 0 aromatic rings. The second-order valence-electron chi connectivity index (χ2n) is 4.21. The highest BCUT2D eigenvalue weighted by molar-refractivity contribution is 5.80. The first kappa shape index (κ1) is 10.9. The van der Waals surface area contributed by atoms with Gasteiger partial charge in [0.05, 0.1) is 13.2 Å². The first-order valence-electron chi connectivity index (χ1n) is 5.62. The molecule has 2 aliphatic heterocycles. The van der Waals surface area contributed by atoms with Crippen molar-refractivity contribution in [2.45, 2.75) is 24.9 Å². The molecule has 0 bridgehead atoms. The van der Waals surface area contributed by atoms with E-state index in [0.29, 0.717) is 19.3 Å². The zero-order valence-corrected chi connectivity index (χ0v) is 8.95. The molecule has 1 unspecified atom stereocenters. The molecule has 0 radical (unpaired) electrons. The second kappa shape index (κ2) is 4.92. The van der Waals surface area contributed by atoms with Gasteiger partial charge in [-0.25, -0.2) is 0 Å². The van der Waals surface area contributed by atoms with Gasteiger partial charge < -0.3 is 15.8 Å². The summed E-state index contributed by atoms with van der Waals surface area (Å²) in [5.74, 6) is -0.256. The van der Waals surface area contributed by atoms with Crippen LogP contribution >= 0.6 is 0 Å². The number of primary amides is 1. The van der Waals surface area contributed by atoms with Crippen molar-refractivity contribution in [1.29, 1.82) is 0 Å². The van der Waals surface area contributed by atoms with Crippen LogP contribution in [0.3, 0.4) is 0 Å². The Morgan fingerprint density at radius 3 is 2.80 bits per heavy atom. The number of carbonyl (C=O) groups excluding carboxylic acids is 1. The van der Waals surface area contributed by atoms with Crippen LogP contribution in [-0.2, 0) is 9.53 Å². The van der Waals surface area contributed by atoms with E-state index in [1.165, 1.54) is 0 Å². The van der Waals surface area contributed by atoms with Gasteiger partial charge in [-0.3, -0.25) is 9.69 Å². The highest BCUT2D eigenvalue weighted by Crippen LogP contribution is 2.17. The van der Waals surface area contributed by atoms with Crippen LogP contribution in [0, 0.1) is 0 Å². The van der Waals surface area contributed by atoms with Crippen LogP contribution in [-0.4, -0.2) is 55.7 Å². The Balaban J connectivity index is 1.99. The predicted octanol–water partition coefficient (Wildman–Crippen LogP) is -1.08. The third kappa shape index (κ3) is 2.48. The fourth-order valence-electron chi connectivity index (χ4n) is 2.44. The molecule has 0 aromatic heterocycles. The summed E-state index contributed by atoms with van der Waals surface area (Å²) in [6.07, 6.45) is 2.20. The van der Waals surface area contributed by atoms with Crippen LogP contribution in [0.4, 0.5) is 0 Å². The monoisotopic (exact) mass is 213 g/mol. The minimum absolute atomic E-state index is 0.221. The highest BCUT2D eigenvalue weighted by atomic mass is 16.5. The van der Waals surface area contributed by atoms with E-state index < -0.39 is 0 Å². The Bertz CT molecular complexity index is 229. The fraction of sp³-hybridized carbons (Fsp3) is 0.900. The van der Waals surface area contributed by atoms with Crippen molar-refractivity contribution in [3.63, 3.8) is 0 Å². The van der Waals surface area contributed by atoms with Gasteiger partial charge in [-0.15, -0.1) is 0 Å². The lowest BCUT2D eigenvalue weighted by Gasteiger charge is -2.41. The van der Waals surface area contributed by atoms with E-state index in [1.807, 2.05) is 0 Å². The number of nitrogens with zero attached hydrogens (tertiary/aromatic N) is 1. The van der Waals surface area contributed by atoms with Crippen molar-refractivity contribution in [2.24, 2.45) is 5.73 Å². The van der Waals surface area contributed by atoms with Crippen LogP contribution in [0.15, 0.2) is 0 Å². The lowest BCUT2D eigenvalue weighted by Crippen LogP contribution is -2.58. The number of hydrogen-bond donors (Lipinski definition) is 2. The summed E-state index contributed by atoms with van der Waals surface area (Å²) in [4.78, 5) is 13.5. The summed E-state index contributed by atoms with van der Waals surface area (Å²) in [5.41, 5.74) is 5.39. The molecule has 5 nitrogen and oxygen atoms in total. The topological polar surface area (TPSA) is 67.6 Å². The number of nitrogens with two attached hydrogens (primary N) is 1. The summed E-state index contributed by atoms with van der Waals surface area (Å²) >= 11 is 0. The lowest BCUT2D eigenvalue weighted by molar-refractivity contribution is -0.131. The summed E-state index contributed by atoms with van der Waals surface area (Å²) < 4.78 is 5.31. The molecular formula is C10H19N3O2. The quantitative estimate of drug-likeness (QED) is 0.612. The molecule has 0 saturated carbocycles. The number of hydrogen-bond acceptors (Lipinski definition) is 4. The van der Waals surface area contributed by atoms with E-state index >= 15 is 0 Å². The number of morpholine rings is 1. The van der Waals surface area contributed by atoms with Gasteiger partial charge in [0, 0.05) is 12.6 Å². The molecule has 2 heterocycles. The average molecular weight is 213 g/mol. The predicted molar refractivity (Wildman–Crippen MR) is 56.4 cm³/mol. The van der Waals surface area contributed by atoms with E-state index in [0.717, 1.165) is 32.5 Å². The molecule has 0 aliphatic carbocycles. The third-order valence-corrected chi connectivity index (χ3v) is 3.28. The smallest absolute Gasteiger partial charge is 0.237 e. The van der Waals surface area contributed by atoms with Gasteiger partial charge in [-0.2, -0.15) is 0 Å². The zero-order valence-electron chi connectivity index (χ0n) is 8.95. The average Bonchev–Trinajstić information content (AvgIpc) is 2.30. The van der Waals surface area contributed by atoms with Crippen molar-refractivity contribution >= 4 is 5.91 Å². The number of piperidine rings is 1. The molecule has 86 valence electrons. The Kier molecular flexibility index (Phi) is 3.56. The normalized spacial score (nSPS) is 30.3. The Hall–Kier alpha value is -0.650. The maximum atomic E-state index is 11.3. The lowest BCUT2D eigenvalue weighted by atomic mass is 10.0. The first-order chi connectivity index (χ1) is 7.29. The van der Waals surface area contributed by atoms with Crippen molar-refractivity contribution in [3.05, 3.63) is 0 Å². The van der Waals surface area contributed by atoms with Crippen LogP contribution < -0.4 is 11.1 Å². The number of amides is 1. The Labute approximate surface area is 89.9 Å². The minimum Gasteiger partial charge on any atom is -0.378 e. The Morgan fingerprint density at radius 2 is 2.13 bits per heavy atom. The second-order valence-corrected chi connectivity index (χ2v) is 4.21. The van der Waals surface area contributed by atoms with Gasteiger partial charge >= 0.3 is 0 Å². The molecule has 5 heteroatoms. The van der Waals surface area contributed by atoms with Gasteiger partial charge in [0.2, 0.25) is 5.91 Å². The van der Waals surface area contributed by atoms with Gasteiger partial charge in [0.15, 0.2) is 0 Å². The molecule has 3 N–H and O–H groups in total. The van der Waals surface area contributed by atoms with Crippen LogP contribution in [0.5, 0.6) is 0 Å². The molecular weight excluding hydrogens is 194 g/mol. The van der Waals surface area contributed by atoms with Gasteiger partial charge in [0.1, 0.15) is 6.04 Å². The molecule has 1 atom stereocenters. The summed E-state index contributed by atoms with van der Waals surface area (Å²) in [7, 11) is 0. The van der Waals surface area contributed by atoms with Crippen LogP contribution in [0.25, 0.3) is 0 Å². The van der Waals surface area contributed by atoms with Crippen molar-refractivity contribution in [1.82, 2.24) is 10.2 Å². The largest absolute Gasteiger partial charge is 0.378 e. The molecule has 2 saturated heterocycles. The number of ether oxygens (including phenoxy) is 1. The summed E-state index contributed by atoms with van der Waals surface area (Å²) in [6, 6.07) is 0.273. The number of nitrogens with one attached hydrogen (secondary N) is 1. The first-order valence-corrected chi connectivity index (χ1v) is 5.62. The zero-order chi connectivity index (χ0) is 10.7. The third-order valence-electron chi connectivity index (χ3n) is 3.28. The number of rotatable bonds is 2. The van der Waals surface area contributed by atoms with E-state index in [1.54, 1.807) is 0 Å². The molecule has 2 fully saturated rings. The van der Waals surface area contributed by atoms with Crippen molar-refractivity contribution in [2.75, 3.05) is 32.8 Å². The maximum Gasteiger partial charge on any atom is 0.237 e. The van der Waals surface area contributed by atoms with E-state index in [4.69, 9.17) is 10.5 Å². The molecule has 1 amide bonds. The van der Waals surface area contributed by atoms with E-state index in [9.17, 15) is 4.79 Å². The van der Waals surface area contributed by atoms with Crippen molar-refractivity contribution in [3.8, 4) is 0 Å². The molecule has 2 rings (SSSR count). The highest BCUT2D eigenvalue weighted by Gasteiger charge is 2.33. The molecule has 0 spiro atoms. The van der Waals surface area contributed by atoms with Gasteiger partial charge in [0.25, 0.3) is 0 Å². The maximum absolute atomic E-state index is 11.3. The standard InChI is InChI=1S/C10H19N3O2/c11-10(14)9-7-15-6-5-13(9)8-1-3-12-4-2-8/h8-9,12H,1-7H2,(H2,11,14). The van der Waals surface area contributed by atoms with Crippen LogP contribution in [0.2, 0.25) is 0 Å². The Morgan fingerprint density at radius 1 is 1.40 bits per heavy atom.